The smallest absolute Gasteiger partial charge is 0.274 e. The number of amides is 2. The molecule has 1 aliphatic rings. The number of rotatable bonds is 2. The Bertz CT molecular complexity index is 561. The molecule has 0 unspecified atom stereocenters. The maximum Gasteiger partial charge on any atom is 0.274 e. The van der Waals surface area contributed by atoms with Gasteiger partial charge in [0.15, 0.2) is 5.60 Å². The molecule has 2 amide bonds. The van der Waals surface area contributed by atoms with Crippen molar-refractivity contribution in [2.24, 2.45) is 5.73 Å². The molecule has 1 aromatic heterocycles. The van der Waals surface area contributed by atoms with Gasteiger partial charge in [0.25, 0.3) is 11.8 Å². The minimum absolute atomic E-state index is 0.113. The molecule has 21 heavy (non-hydrogen) atoms. The molecule has 0 saturated carbocycles. The topological polar surface area (TPSA) is 101 Å². The van der Waals surface area contributed by atoms with Crippen molar-refractivity contribution >= 4 is 11.8 Å². The highest BCUT2D eigenvalue weighted by molar-refractivity contribution is 5.93. The summed E-state index contributed by atoms with van der Waals surface area (Å²) in [5.74, 6) is -0.796. The Morgan fingerprint density at radius 1 is 1.48 bits per heavy atom. The predicted octanol–water partition coefficient (Wildman–Crippen LogP) is 0.424. The van der Waals surface area contributed by atoms with Crippen LogP contribution in [0.1, 0.15) is 43.9 Å². The first-order valence-electron chi connectivity index (χ1n) is 6.92. The summed E-state index contributed by atoms with van der Waals surface area (Å²) in [4.78, 5) is 25.5. The van der Waals surface area contributed by atoms with E-state index >= 15 is 0 Å². The number of nitrogens with two attached hydrogens (primary N) is 1. The lowest BCUT2D eigenvalue weighted by Crippen LogP contribution is -2.58. The molecule has 2 rings (SSSR count). The van der Waals surface area contributed by atoms with Gasteiger partial charge in [-0.3, -0.25) is 14.7 Å². The number of ether oxygens (including phenoxy) is 1. The van der Waals surface area contributed by atoms with Gasteiger partial charge in [-0.1, -0.05) is 20.8 Å². The molecule has 2 heterocycles. The zero-order valence-electron chi connectivity index (χ0n) is 12.9. The highest BCUT2D eigenvalue weighted by Gasteiger charge is 2.39. The molecule has 0 bridgehead atoms. The van der Waals surface area contributed by atoms with Crippen LogP contribution in [0.2, 0.25) is 0 Å². The first-order valence-corrected chi connectivity index (χ1v) is 6.92. The monoisotopic (exact) mass is 294 g/mol. The zero-order valence-corrected chi connectivity index (χ0v) is 12.9. The molecule has 7 nitrogen and oxygen atoms in total. The number of primary amides is 1. The van der Waals surface area contributed by atoms with Gasteiger partial charge in [-0.25, -0.2) is 0 Å². The minimum Gasteiger partial charge on any atom is -0.367 e. The SMILES string of the molecule is CC(C)(C)c1cc(C(=O)N2CCO[C@@](C)(C(N)=O)C2)n[nH]1. The minimum atomic E-state index is -1.14. The van der Waals surface area contributed by atoms with E-state index in [9.17, 15) is 9.59 Å². The first kappa shape index (κ1) is 15.5. The zero-order chi connectivity index (χ0) is 15.8. The van der Waals surface area contributed by atoms with Crippen molar-refractivity contribution < 1.29 is 14.3 Å². The van der Waals surface area contributed by atoms with E-state index in [1.165, 1.54) is 0 Å². The van der Waals surface area contributed by atoms with Crippen molar-refractivity contribution in [1.82, 2.24) is 15.1 Å². The van der Waals surface area contributed by atoms with E-state index in [2.05, 4.69) is 10.2 Å². The van der Waals surface area contributed by atoms with Crippen LogP contribution in [0.4, 0.5) is 0 Å². The summed E-state index contributed by atoms with van der Waals surface area (Å²) in [6.07, 6.45) is 0. The number of nitrogens with zero attached hydrogens (tertiary/aromatic N) is 2. The second-order valence-electron chi connectivity index (χ2n) is 6.59. The lowest BCUT2D eigenvalue weighted by molar-refractivity contribution is -0.150. The van der Waals surface area contributed by atoms with Gasteiger partial charge in [0.1, 0.15) is 5.69 Å². The highest BCUT2D eigenvalue weighted by atomic mass is 16.5. The Balaban J connectivity index is 2.17. The summed E-state index contributed by atoms with van der Waals surface area (Å²) in [5.41, 5.74) is 5.31. The third-order valence-corrected chi connectivity index (χ3v) is 3.69. The van der Waals surface area contributed by atoms with Gasteiger partial charge < -0.3 is 15.4 Å². The largest absolute Gasteiger partial charge is 0.367 e. The van der Waals surface area contributed by atoms with Crippen LogP contribution < -0.4 is 5.73 Å². The molecule has 7 heteroatoms. The summed E-state index contributed by atoms with van der Waals surface area (Å²) in [6, 6.07) is 1.75. The van der Waals surface area contributed by atoms with Crippen molar-refractivity contribution in [2.75, 3.05) is 19.7 Å². The van der Waals surface area contributed by atoms with E-state index in [1.54, 1.807) is 17.9 Å². The number of nitrogens with one attached hydrogen (secondary N) is 1. The van der Waals surface area contributed by atoms with E-state index in [1.807, 2.05) is 20.8 Å². The summed E-state index contributed by atoms with van der Waals surface area (Å²) >= 11 is 0. The summed E-state index contributed by atoms with van der Waals surface area (Å²) in [7, 11) is 0. The summed E-state index contributed by atoms with van der Waals surface area (Å²) < 4.78 is 5.41. The van der Waals surface area contributed by atoms with Crippen molar-refractivity contribution in [1.29, 1.82) is 0 Å². The van der Waals surface area contributed by atoms with Crippen LogP contribution in [-0.4, -0.2) is 52.2 Å². The summed E-state index contributed by atoms with van der Waals surface area (Å²) in [5, 5.41) is 6.97. The number of hydrogen-bond donors (Lipinski definition) is 2. The summed E-state index contributed by atoms with van der Waals surface area (Å²) in [6.45, 7) is 8.54. The van der Waals surface area contributed by atoms with Crippen LogP contribution >= 0.6 is 0 Å². The Labute approximate surface area is 123 Å². The van der Waals surface area contributed by atoms with Crippen molar-refractivity contribution in [3.05, 3.63) is 17.5 Å². The molecule has 3 N–H and O–H groups in total. The third-order valence-electron chi connectivity index (χ3n) is 3.69. The number of aromatic nitrogens is 2. The quantitative estimate of drug-likeness (QED) is 0.825. The van der Waals surface area contributed by atoms with Crippen molar-refractivity contribution in [3.63, 3.8) is 0 Å². The van der Waals surface area contributed by atoms with Gasteiger partial charge in [-0.2, -0.15) is 5.10 Å². The fourth-order valence-electron chi connectivity index (χ4n) is 2.17. The van der Waals surface area contributed by atoms with Gasteiger partial charge in [0, 0.05) is 17.7 Å². The van der Waals surface area contributed by atoms with Gasteiger partial charge >= 0.3 is 0 Å². The number of H-pyrrole nitrogens is 1. The number of carbonyl (C=O) groups excluding carboxylic acids is 2. The number of hydrogen-bond acceptors (Lipinski definition) is 4. The standard InChI is InChI=1S/C14H22N4O3/c1-13(2,3)10-7-9(16-17-10)11(19)18-5-6-21-14(4,8-18)12(15)20/h7H,5-6,8H2,1-4H3,(H2,15,20)(H,16,17)/t14-/m1/s1. The van der Waals surface area contributed by atoms with Crippen LogP contribution in [0.5, 0.6) is 0 Å². The average molecular weight is 294 g/mol. The fraction of sp³-hybridized carbons (Fsp3) is 0.643. The van der Waals surface area contributed by atoms with Crippen molar-refractivity contribution in [3.8, 4) is 0 Å². The van der Waals surface area contributed by atoms with E-state index in [0.29, 0.717) is 12.2 Å². The third kappa shape index (κ3) is 3.07. The lowest BCUT2D eigenvalue weighted by atomic mass is 9.92. The molecule has 1 aliphatic heterocycles. The van der Waals surface area contributed by atoms with Crippen LogP contribution in [0.15, 0.2) is 6.07 Å². The van der Waals surface area contributed by atoms with Gasteiger partial charge in [0.2, 0.25) is 0 Å². The predicted molar refractivity (Wildman–Crippen MR) is 76.7 cm³/mol. The molecule has 1 saturated heterocycles. The molecule has 1 aromatic rings. The molecule has 0 radical (unpaired) electrons. The van der Waals surface area contributed by atoms with E-state index in [4.69, 9.17) is 10.5 Å². The van der Waals surface area contributed by atoms with Crippen molar-refractivity contribution in [2.45, 2.75) is 38.7 Å². The van der Waals surface area contributed by atoms with E-state index in [0.717, 1.165) is 5.69 Å². The van der Waals surface area contributed by atoms with Gasteiger partial charge in [0.05, 0.1) is 13.2 Å². The second kappa shape index (κ2) is 5.14. The number of morpholine rings is 1. The van der Waals surface area contributed by atoms with Gasteiger partial charge in [-0.05, 0) is 13.0 Å². The molecule has 116 valence electrons. The second-order valence-corrected chi connectivity index (χ2v) is 6.59. The van der Waals surface area contributed by atoms with Crippen LogP contribution in [0, 0.1) is 0 Å². The fourth-order valence-corrected chi connectivity index (χ4v) is 2.17. The number of carbonyl (C=O) groups is 2. The van der Waals surface area contributed by atoms with Gasteiger partial charge in [-0.15, -0.1) is 0 Å². The maximum absolute atomic E-state index is 12.5. The molecule has 1 fully saturated rings. The first-order chi connectivity index (χ1) is 9.63. The Hall–Kier alpha value is -1.89. The van der Waals surface area contributed by atoms with Crippen LogP contribution in [0.3, 0.4) is 0 Å². The Kier molecular flexibility index (Phi) is 3.79. The molecular formula is C14H22N4O3. The number of aromatic amines is 1. The Morgan fingerprint density at radius 3 is 2.67 bits per heavy atom. The van der Waals surface area contributed by atoms with Crippen LogP contribution in [0.25, 0.3) is 0 Å². The average Bonchev–Trinajstić information content (AvgIpc) is 2.87. The molecule has 0 aliphatic carbocycles. The highest BCUT2D eigenvalue weighted by Crippen LogP contribution is 2.22. The lowest BCUT2D eigenvalue weighted by Gasteiger charge is -2.37. The maximum atomic E-state index is 12.5. The molecular weight excluding hydrogens is 272 g/mol. The van der Waals surface area contributed by atoms with E-state index in [-0.39, 0.29) is 24.5 Å². The van der Waals surface area contributed by atoms with Crippen LogP contribution in [-0.2, 0) is 14.9 Å². The normalized spacial score (nSPS) is 23.1. The van der Waals surface area contributed by atoms with E-state index < -0.39 is 11.5 Å². The molecule has 0 spiro atoms. The molecule has 1 atom stereocenters. The molecule has 0 aromatic carbocycles. The Morgan fingerprint density at radius 2 is 2.14 bits per heavy atom.